The second-order valence-corrected chi connectivity index (χ2v) is 4.95. The minimum atomic E-state index is -0.0682. The van der Waals surface area contributed by atoms with Gasteiger partial charge in [-0.2, -0.15) is 0 Å². The standard InChI is InChI=1S/C11H19N3OS/c1-3-4-9-5-10(15)14-11(13-9)16-7-8(2)6-12/h5,8H,3-4,6-7,12H2,1-2H3,(H,13,14,15). The van der Waals surface area contributed by atoms with Crippen LogP contribution in [-0.4, -0.2) is 22.3 Å². The summed E-state index contributed by atoms with van der Waals surface area (Å²) < 4.78 is 0. The van der Waals surface area contributed by atoms with Crippen molar-refractivity contribution in [1.82, 2.24) is 9.97 Å². The lowest BCUT2D eigenvalue weighted by Crippen LogP contribution is -2.14. The van der Waals surface area contributed by atoms with Crippen LogP contribution >= 0.6 is 11.8 Å². The summed E-state index contributed by atoms with van der Waals surface area (Å²) in [4.78, 5) is 18.5. The summed E-state index contributed by atoms with van der Waals surface area (Å²) >= 11 is 1.56. The van der Waals surface area contributed by atoms with E-state index in [1.54, 1.807) is 17.8 Å². The second-order valence-electron chi connectivity index (χ2n) is 3.94. The summed E-state index contributed by atoms with van der Waals surface area (Å²) in [7, 11) is 0. The lowest BCUT2D eigenvalue weighted by molar-refractivity contribution is 0.673. The Labute approximate surface area is 100 Å². The number of H-pyrrole nitrogens is 1. The topological polar surface area (TPSA) is 71.8 Å². The van der Waals surface area contributed by atoms with Crippen LogP contribution in [0.5, 0.6) is 0 Å². The fourth-order valence-corrected chi connectivity index (χ4v) is 2.16. The van der Waals surface area contributed by atoms with E-state index in [9.17, 15) is 4.79 Å². The van der Waals surface area contributed by atoms with Gasteiger partial charge in [0, 0.05) is 17.5 Å². The molecule has 1 atom stereocenters. The van der Waals surface area contributed by atoms with Gasteiger partial charge < -0.3 is 10.7 Å². The van der Waals surface area contributed by atoms with Crippen molar-refractivity contribution in [1.29, 1.82) is 0 Å². The molecule has 4 nitrogen and oxygen atoms in total. The SMILES string of the molecule is CCCc1cc(=O)[nH]c(SCC(C)CN)n1. The van der Waals surface area contributed by atoms with Crippen molar-refractivity contribution in [3.8, 4) is 0 Å². The number of aryl methyl sites for hydroxylation is 1. The number of hydrogen-bond donors (Lipinski definition) is 2. The number of nitrogens with one attached hydrogen (secondary N) is 1. The lowest BCUT2D eigenvalue weighted by Gasteiger charge is -2.07. The van der Waals surface area contributed by atoms with Crippen molar-refractivity contribution in [2.45, 2.75) is 31.8 Å². The molecule has 0 saturated carbocycles. The van der Waals surface area contributed by atoms with Crippen LogP contribution < -0.4 is 11.3 Å². The third-order valence-corrected chi connectivity index (χ3v) is 3.39. The molecule has 90 valence electrons. The fraction of sp³-hybridized carbons (Fsp3) is 0.636. The van der Waals surface area contributed by atoms with E-state index in [1.807, 2.05) is 0 Å². The molecule has 3 N–H and O–H groups in total. The summed E-state index contributed by atoms with van der Waals surface area (Å²) in [5.41, 5.74) is 6.34. The van der Waals surface area contributed by atoms with Gasteiger partial charge in [-0.25, -0.2) is 4.98 Å². The first-order chi connectivity index (χ1) is 7.65. The third kappa shape index (κ3) is 4.37. The van der Waals surface area contributed by atoms with Crippen LogP contribution in [0.2, 0.25) is 0 Å². The van der Waals surface area contributed by atoms with Crippen molar-refractivity contribution in [2.75, 3.05) is 12.3 Å². The Balaban J connectivity index is 2.68. The van der Waals surface area contributed by atoms with E-state index < -0.39 is 0 Å². The average molecular weight is 241 g/mol. The molecule has 5 heteroatoms. The van der Waals surface area contributed by atoms with Crippen LogP contribution in [0.3, 0.4) is 0 Å². The van der Waals surface area contributed by atoms with Gasteiger partial charge in [0.25, 0.3) is 5.56 Å². The Morgan fingerprint density at radius 1 is 1.62 bits per heavy atom. The Bertz CT molecular complexity index is 378. The first-order valence-corrected chi connectivity index (χ1v) is 6.57. The molecule has 16 heavy (non-hydrogen) atoms. The molecule has 0 fully saturated rings. The van der Waals surface area contributed by atoms with E-state index >= 15 is 0 Å². The van der Waals surface area contributed by atoms with Crippen LogP contribution in [0, 0.1) is 5.92 Å². The number of thioether (sulfide) groups is 1. The zero-order chi connectivity index (χ0) is 12.0. The molecule has 0 aromatic carbocycles. The molecule has 1 heterocycles. The van der Waals surface area contributed by atoms with Crippen molar-refractivity contribution < 1.29 is 0 Å². The summed E-state index contributed by atoms with van der Waals surface area (Å²) in [6, 6.07) is 1.57. The molecule has 1 rings (SSSR count). The van der Waals surface area contributed by atoms with E-state index in [0.29, 0.717) is 17.6 Å². The van der Waals surface area contributed by atoms with Gasteiger partial charge in [-0.3, -0.25) is 4.79 Å². The summed E-state index contributed by atoms with van der Waals surface area (Å²) in [6.45, 7) is 4.82. The van der Waals surface area contributed by atoms with Crippen molar-refractivity contribution in [3.63, 3.8) is 0 Å². The highest BCUT2D eigenvalue weighted by atomic mass is 32.2. The van der Waals surface area contributed by atoms with Gasteiger partial charge in [0.05, 0.1) is 0 Å². The second kappa shape index (κ2) is 6.70. The molecular formula is C11H19N3OS. The van der Waals surface area contributed by atoms with Gasteiger partial charge in [-0.15, -0.1) is 0 Å². The summed E-state index contributed by atoms with van der Waals surface area (Å²) in [6.07, 6.45) is 1.85. The van der Waals surface area contributed by atoms with Crippen molar-refractivity contribution >= 4 is 11.8 Å². The minimum Gasteiger partial charge on any atom is -0.330 e. The van der Waals surface area contributed by atoms with Crippen LogP contribution in [0.25, 0.3) is 0 Å². The van der Waals surface area contributed by atoms with E-state index in [-0.39, 0.29) is 5.56 Å². The largest absolute Gasteiger partial charge is 0.330 e. The maximum atomic E-state index is 11.4. The molecule has 0 aliphatic rings. The summed E-state index contributed by atoms with van der Waals surface area (Å²) in [5.74, 6) is 1.32. The average Bonchev–Trinajstić information content (AvgIpc) is 2.25. The molecule has 0 bridgehead atoms. The number of aromatic amines is 1. The van der Waals surface area contributed by atoms with Gasteiger partial charge in [-0.1, -0.05) is 32.0 Å². The number of nitrogens with zero attached hydrogens (tertiary/aromatic N) is 1. The lowest BCUT2D eigenvalue weighted by atomic mass is 10.2. The van der Waals surface area contributed by atoms with E-state index in [4.69, 9.17) is 5.73 Å². The predicted octanol–water partition coefficient (Wildman–Crippen LogP) is 1.41. The van der Waals surface area contributed by atoms with Crippen molar-refractivity contribution in [2.24, 2.45) is 11.7 Å². The smallest absolute Gasteiger partial charge is 0.251 e. The molecule has 0 spiro atoms. The van der Waals surface area contributed by atoms with Crippen LogP contribution in [-0.2, 0) is 6.42 Å². The molecule has 1 unspecified atom stereocenters. The van der Waals surface area contributed by atoms with Gasteiger partial charge >= 0.3 is 0 Å². The molecule has 1 aromatic heterocycles. The van der Waals surface area contributed by atoms with Gasteiger partial charge in [0.2, 0.25) is 0 Å². The zero-order valence-corrected chi connectivity index (χ0v) is 10.6. The summed E-state index contributed by atoms with van der Waals surface area (Å²) in [5, 5.41) is 0.705. The Morgan fingerprint density at radius 2 is 2.38 bits per heavy atom. The van der Waals surface area contributed by atoms with E-state index in [0.717, 1.165) is 24.3 Å². The van der Waals surface area contributed by atoms with Crippen LogP contribution in [0.4, 0.5) is 0 Å². The predicted molar refractivity (Wildman–Crippen MR) is 67.8 cm³/mol. The third-order valence-electron chi connectivity index (χ3n) is 2.19. The number of hydrogen-bond acceptors (Lipinski definition) is 4. The highest BCUT2D eigenvalue weighted by Gasteiger charge is 2.04. The highest BCUT2D eigenvalue weighted by Crippen LogP contribution is 2.15. The van der Waals surface area contributed by atoms with Gasteiger partial charge in [0.1, 0.15) is 0 Å². The molecule has 0 aliphatic carbocycles. The Hall–Kier alpha value is -0.810. The molecule has 0 saturated heterocycles. The zero-order valence-electron chi connectivity index (χ0n) is 9.82. The minimum absolute atomic E-state index is 0.0682. The molecular weight excluding hydrogens is 222 g/mol. The van der Waals surface area contributed by atoms with Crippen LogP contribution in [0.15, 0.2) is 16.0 Å². The molecule has 0 amide bonds. The maximum absolute atomic E-state index is 11.4. The van der Waals surface area contributed by atoms with Crippen LogP contribution in [0.1, 0.15) is 26.0 Å². The quantitative estimate of drug-likeness (QED) is 0.583. The number of aromatic nitrogens is 2. The van der Waals surface area contributed by atoms with Gasteiger partial charge in [0.15, 0.2) is 5.16 Å². The Morgan fingerprint density at radius 3 is 3.00 bits per heavy atom. The van der Waals surface area contributed by atoms with E-state index in [1.165, 1.54) is 0 Å². The first-order valence-electron chi connectivity index (χ1n) is 5.58. The first kappa shape index (κ1) is 13.3. The number of rotatable bonds is 6. The molecule has 0 radical (unpaired) electrons. The normalized spacial score (nSPS) is 12.7. The molecule has 0 aliphatic heterocycles. The maximum Gasteiger partial charge on any atom is 0.251 e. The van der Waals surface area contributed by atoms with E-state index in [2.05, 4.69) is 23.8 Å². The number of nitrogens with two attached hydrogens (primary N) is 1. The Kier molecular flexibility index (Phi) is 5.55. The monoisotopic (exact) mass is 241 g/mol. The van der Waals surface area contributed by atoms with Gasteiger partial charge in [-0.05, 0) is 18.9 Å². The fourth-order valence-electron chi connectivity index (χ4n) is 1.23. The van der Waals surface area contributed by atoms with Crippen molar-refractivity contribution in [3.05, 3.63) is 22.1 Å². The molecule has 1 aromatic rings. The highest BCUT2D eigenvalue weighted by molar-refractivity contribution is 7.99.